The lowest BCUT2D eigenvalue weighted by molar-refractivity contribution is 0.0858. The molecular weight excluding hydrogens is 454 g/mol. The minimum Gasteiger partial charge on any atom is -0.497 e. The molecule has 0 bridgehead atoms. The second-order valence-electron chi connectivity index (χ2n) is 8.52. The van der Waals surface area contributed by atoms with Gasteiger partial charge in [-0.1, -0.05) is 5.16 Å². The smallest absolute Gasteiger partial charge is 0.278 e. The lowest BCUT2D eigenvalue weighted by Crippen LogP contribution is -2.32. The molecule has 5 rings (SSSR count). The number of ether oxygens (including phenoxy) is 2. The molecule has 3 heterocycles. The predicted octanol–water partition coefficient (Wildman–Crippen LogP) is 4.45. The largest absolute Gasteiger partial charge is 0.497 e. The molecular formula is C25H27N3O5S. The van der Waals surface area contributed by atoms with E-state index >= 15 is 0 Å². The number of methoxy groups -OCH3 is 1. The van der Waals surface area contributed by atoms with E-state index in [-0.39, 0.29) is 17.7 Å². The topological polar surface area (TPSA) is 103 Å². The van der Waals surface area contributed by atoms with E-state index in [2.05, 4.69) is 15.8 Å². The summed E-state index contributed by atoms with van der Waals surface area (Å²) in [4.78, 5) is 27.3. The van der Waals surface area contributed by atoms with Crippen molar-refractivity contribution in [3.05, 3.63) is 52.0 Å². The molecule has 2 aliphatic rings. The minimum atomic E-state index is -0.407. The Morgan fingerprint density at radius 2 is 1.97 bits per heavy atom. The van der Waals surface area contributed by atoms with Crippen LogP contribution in [0.1, 0.15) is 57.0 Å². The number of hydrogen-bond acceptors (Lipinski definition) is 7. The first-order valence-electron chi connectivity index (χ1n) is 11.6. The first-order chi connectivity index (χ1) is 16.6. The average Bonchev–Trinajstić information content (AvgIpc) is 3.62. The highest BCUT2D eigenvalue weighted by Gasteiger charge is 2.28. The number of carbonyl (C=O) groups is 2. The Labute approximate surface area is 201 Å². The third-order valence-corrected chi connectivity index (χ3v) is 7.46. The lowest BCUT2D eigenvalue weighted by Gasteiger charge is -2.15. The number of nitrogens with zero attached hydrogens (tertiary/aromatic N) is 1. The lowest BCUT2D eigenvalue weighted by atomic mass is 9.95. The van der Waals surface area contributed by atoms with Gasteiger partial charge in [0, 0.05) is 29.7 Å². The molecule has 3 aromatic rings. The number of aryl methyl sites for hydroxylation is 1. The summed E-state index contributed by atoms with van der Waals surface area (Å²) >= 11 is 1.48. The van der Waals surface area contributed by atoms with Crippen LogP contribution in [0, 0.1) is 0 Å². The zero-order chi connectivity index (χ0) is 23.5. The molecule has 1 aliphatic heterocycles. The zero-order valence-electron chi connectivity index (χ0n) is 19.0. The van der Waals surface area contributed by atoms with Crippen molar-refractivity contribution in [2.75, 3.05) is 25.6 Å². The van der Waals surface area contributed by atoms with Gasteiger partial charge in [-0.15, -0.1) is 11.3 Å². The molecule has 0 spiro atoms. The van der Waals surface area contributed by atoms with Gasteiger partial charge >= 0.3 is 0 Å². The van der Waals surface area contributed by atoms with Crippen LogP contribution < -0.4 is 15.4 Å². The van der Waals surface area contributed by atoms with Crippen LogP contribution in [0.5, 0.6) is 5.75 Å². The summed E-state index contributed by atoms with van der Waals surface area (Å²) in [5.41, 5.74) is 2.57. The average molecular weight is 482 g/mol. The van der Waals surface area contributed by atoms with E-state index in [0.717, 1.165) is 62.0 Å². The first kappa shape index (κ1) is 22.6. The Hall–Kier alpha value is -3.17. The molecule has 2 N–H and O–H groups in total. The highest BCUT2D eigenvalue weighted by atomic mass is 32.1. The number of rotatable bonds is 7. The number of nitrogens with one attached hydrogen (secondary N) is 2. The molecule has 0 unspecified atom stereocenters. The molecule has 9 heteroatoms. The van der Waals surface area contributed by atoms with E-state index in [1.807, 2.05) is 24.3 Å². The van der Waals surface area contributed by atoms with Crippen LogP contribution in [0.15, 0.2) is 34.9 Å². The predicted molar refractivity (Wildman–Crippen MR) is 129 cm³/mol. The van der Waals surface area contributed by atoms with Gasteiger partial charge in [-0.2, -0.15) is 0 Å². The summed E-state index contributed by atoms with van der Waals surface area (Å²) in [5, 5.41) is 10.4. The van der Waals surface area contributed by atoms with Crippen molar-refractivity contribution >= 4 is 28.2 Å². The van der Waals surface area contributed by atoms with E-state index in [9.17, 15) is 9.59 Å². The van der Waals surface area contributed by atoms with Crippen LogP contribution in [0.3, 0.4) is 0 Å². The van der Waals surface area contributed by atoms with E-state index < -0.39 is 5.91 Å². The summed E-state index contributed by atoms with van der Waals surface area (Å²) in [6.45, 7) is 1.22. The molecule has 0 radical (unpaired) electrons. The maximum absolute atomic E-state index is 13.2. The summed E-state index contributed by atoms with van der Waals surface area (Å²) in [6, 6.07) is 8.90. The maximum Gasteiger partial charge on any atom is 0.278 e. The number of hydrogen-bond donors (Lipinski definition) is 2. The van der Waals surface area contributed by atoms with Gasteiger partial charge in [0.2, 0.25) is 0 Å². The van der Waals surface area contributed by atoms with Gasteiger partial charge in [0.05, 0.1) is 18.8 Å². The summed E-state index contributed by atoms with van der Waals surface area (Å²) in [6.07, 6.45) is 5.93. The highest BCUT2D eigenvalue weighted by Crippen LogP contribution is 2.38. The van der Waals surface area contributed by atoms with E-state index in [1.54, 1.807) is 13.2 Å². The molecule has 1 aliphatic carbocycles. The third-order valence-electron chi connectivity index (χ3n) is 6.26. The SMILES string of the molecule is COc1ccc(-c2cc(C(=O)Nc3sc4c(c3C(=O)NC[C@H]3CCCO3)CCCC4)no2)cc1. The minimum absolute atomic E-state index is 0.0583. The Bertz CT molecular complexity index is 1180. The van der Waals surface area contributed by atoms with E-state index in [4.69, 9.17) is 14.0 Å². The molecule has 2 amide bonds. The molecule has 1 aromatic carbocycles. The molecule has 34 heavy (non-hydrogen) atoms. The van der Waals surface area contributed by atoms with Crippen molar-refractivity contribution in [3.63, 3.8) is 0 Å². The number of fused-ring (bicyclic) bond motifs is 1. The Balaban J connectivity index is 1.34. The normalized spacial score (nSPS) is 17.3. The van der Waals surface area contributed by atoms with E-state index in [0.29, 0.717) is 22.9 Å². The first-order valence-corrected chi connectivity index (χ1v) is 12.4. The second-order valence-corrected chi connectivity index (χ2v) is 9.62. The van der Waals surface area contributed by atoms with Crippen molar-refractivity contribution in [1.82, 2.24) is 10.5 Å². The maximum atomic E-state index is 13.2. The Morgan fingerprint density at radius 1 is 1.15 bits per heavy atom. The van der Waals surface area contributed by atoms with Crippen LogP contribution in [0.4, 0.5) is 5.00 Å². The number of benzene rings is 1. The number of thiophene rings is 1. The fourth-order valence-electron chi connectivity index (χ4n) is 4.44. The van der Waals surface area contributed by atoms with Gasteiger partial charge in [-0.05, 0) is 68.4 Å². The van der Waals surface area contributed by atoms with Crippen molar-refractivity contribution in [2.24, 2.45) is 0 Å². The van der Waals surface area contributed by atoms with Crippen LogP contribution in [-0.4, -0.2) is 43.3 Å². The zero-order valence-corrected chi connectivity index (χ0v) is 19.8. The van der Waals surface area contributed by atoms with Crippen molar-refractivity contribution in [2.45, 2.75) is 44.6 Å². The second kappa shape index (κ2) is 9.99. The number of carbonyl (C=O) groups excluding carboxylic acids is 2. The number of anilines is 1. The van der Waals surface area contributed by atoms with Crippen LogP contribution in [0.2, 0.25) is 0 Å². The van der Waals surface area contributed by atoms with E-state index in [1.165, 1.54) is 16.2 Å². The fourth-order valence-corrected chi connectivity index (χ4v) is 5.72. The van der Waals surface area contributed by atoms with Gasteiger partial charge in [-0.25, -0.2) is 0 Å². The van der Waals surface area contributed by atoms with Gasteiger partial charge in [-0.3, -0.25) is 9.59 Å². The van der Waals surface area contributed by atoms with Crippen molar-refractivity contribution in [3.8, 4) is 17.1 Å². The van der Waals surface area contributed by atoms with Gasteiger partial charge in [0.25, 0.3) is 11.8 Å². The Kier molecular flexibility index (Phi) is 6.64. The molecule has 1 saturated heterocycles. The molecule has 0 saturated carbocycles. The highest BCUT2D eigenvalue weighted by molar-refractivity contribution is 7.17. The van der Waals surface area contributed by atoms with Crippen LogP contribution >= 0.6 is 11.3 Å². The van der Waals surface area contributed by atoms with Gasteiger partial charge in [0.1, 0.15) is 10.8 Å². The monoisotopic (exact) mass is 481 g/mol. The Morgan fingerprint density at radius 3 is 2.74 bits per heavy atom. The quantitative estimate of drug-likeness (QED) is 0.517. The molecule has 1 fully saturated rings. The van der Waals surface area contributed by atoms with Gasteiger partial charge < -0.3 is 24.6 Å². The summed E-state index contributed by atoms with van der Waals surface area (Å²) in [7, 11) is 1.60. The summed E-state index contributed by atoms with van der Waals surface area (Å²) in [5.74, 6) is 0.639. The van der Waals surface area contributed by atoms with Gasteiger partial charge in [0.15, 0.2) is 11.5 Å². The number of aromatic nitrogens is 1. The van der Waals surface area contributed by atoms with Crippen LogP contribution in [-0.2, 0) is 17.6 Å². The molecule has 1 atom stereocenters. The molecule has 2 aromatic heterocycles. The molecule has 8 nitrogen and oxygen atoms in total. The fraction of sp³-hybridized carbons (Fsp3) is 0.400. The standard InChI is InChI=1S/C25H27N3O5S/c1-31-16-10-8-15(9-11-16)20-13-19(28-33-20)23(29)27-25-22(18-6-2-3-7-21(18)34-25)24(30)26-14-17-5-4-12-32-17/h8-11,13,17H,2-7,12,14H2,1H3,(H,26,30)(H,27,29)/t17-/m1/s1. The van der Waals surface area contributed by atoms with Crippen molar-refractivity contribution < 1.29 is 23.6 Å². The third kappa shape index (κ3) is 4.71. The molecule has 178 valence electrons. The van der Waals surface area contributed by atoms with Crippen molar-refractivity contribution in [1.29, 1.82) is 0 Å². The number of amides is 2. The summed E-state index contributed by atoms with van der Waals surface area (Å²) < 4.78 is 16.2. The van der Waals surface area contributed by atoms with Crippen LogP contribution in [0.25, 0.3) is 11.3 Å².